The molecule has 2 aromatic carbocycles. The van der Waals surface area contributed by atoms with Crippen molar-refractivity contribution in [3.63, 3.8) is 0 Å². The van der Waals surface area contributed by atoms with Crippen LogP contribution in [-0.4, -0.2) is 64.2 Å². The maximum absolute atomic E-state index is 13.8. The largest absolute Gasteiger partial charge is 0.303 e. The number of likely N-dealkylation sites (tertiary alicyclic amines) is 1. The topological polar surface area (TPSA) is 52.2 Å². The van der Waals surface area contributed by atoms with Crippen LogP contribution in [0.5, 0.6) is 0 Å². The number of aromatic nitrogens is 2. The lowest BCUT2D eigenvalue weighted by Gasteiger charge is -2.30. The van der Waals surface area contributed by atoms with Gasteiger partial charge in [0.2, 0.25) is 0 Å². The summed E-state index contributed by atoms with van der Waals surface area (Å²) in [6, 6.07) is 10.4. The van der Waals surface area contributed by atoms with Crippen molar-refractivity contribution < 1.29 is 9.18 Å². The summed E-state index contributed by atoms with van der Waals surface area (Å²) in [6.07, 6.45) is 6.96. The molecule has 0 atom stereocenters. The number of nitrogens with one attached hydrogen (secondary N) is 1. The lowest BCUT2D eigenvalue weighted by Crippen LogP contribution is -2.28. The Balaban J connectivity index is 1.25. The van der Waals surface area contributed by atoms with E-state index >= 15 is 0 Å². The molecule has 5 rings (SSSR count). The number of hydrogen-bond donors (Lipinski definition) is 1. The summed E-state index contributed by atoms with van der Waals surface area (Å²) in [5, 5.41) is 8.70. The molecular weight excluding hydrogens is 435 g/mol. The molecule has 0 bridgehead atoms. The van der Waals surface area contributed by atoms with Crippen LogP contribution in [0, 0.1) is 5.82 Å². The van der Waals surface area contributed by atoms with E-state index in [0.717, 1.165) is 54.4 Å². The van der Waals surface area contributed by atoms with Gasteiger partial charge in [-0.05, 0) is 87.1 Å². The van der Waals surface area contributed by atoms with Gasteiger partial charge in [0.15, 0.2) is 6.29 Å². The molecule has 2 fully saturated rings. The Kier molecular flexibility index (Phi) is 7.09. The number of hydrogen-bond acceptors (Lipinski definition) is 5. The van der Waals surface area contributed by atoms with Gasteiger partial charge in [-0.2, -0.15) is 5.10 Å². The van der Waals surface area contributed by atoms with E-state index in [1.54, 1.807) is 12.1 Å². The first-order valence-corrected chi connectivity index (χ1v) is 13.0. The maximum atomic E-state index is 13.8. The minimum atomic E-state index is -0.280. The Labute approximate surface area is 198 Å². The fourth-order valence-electron chi connectivity index (χ4n) is 5.16. The van der Waals surface area contributed by atoms with E-state index in [4.69, 9.17) is 0 Å². The van der Waals surface area contributed by atoms with Crippen molar-refractivity contribution in [2.45, 2.75) is 38.0 Å². The number of fused-ring (bicyclic) bond motifs is 1. The third kappa shape index (κ3) is 5.15. The molecule has 2 aliphatic heterocycles. The molecule has 2 aliphatic rings. The number of rotatable bonds is 8. The zero-order valence-electron chi connectivity index (χ0n) is 18.9. The summed E-state index contributed by atoms with van der Waals surface area (Å²) in [5.41, 5.74) is 3.97. The van der Waals surface area contributed by atoms with E-state index in [1.807, 2.05) is 18.0 Å². The molecule has 3 aromatic rings. The number of piperidine rings is 1. The standard InChI is InChI=1S/C26H31FN4OS/c27-23-6-3-5-20(16-23)21-15-22(18-32)26-24(17-21)25(28-29-26)19-7-12-31(13-8-19)33-14-4-11-30-9-1-2-10-30/h3,5-6,15-19H,1-2,4,7-14H2,(H,28,29). The van der Waals surface area contributed by atoms with Crippen LogP contribution in [-0.2, 0) is 0 Å². The molecule has 1 aromatic heterocycles. The van der Waals surface area contributed by atoms with Gasteiger partial charge in [0, 0.05) is 41.4 Å². The third-order valence-electron chi connectivity index (χ3n) is 6.96. The van der Waals surface area contributed by atoms with E-state index in [0.29, 0.717) is 17.0 Å². The number of H-pyrrole nitrogens is 1. The highest BCUT2D eigenvalue weighted by Crippen LogP contribution is 2.36. The van der Waals surface area contributed by atoms with Crippen LogP contribution in [0.4, 0.5) is 4.39 Å². The summed E-state index contributed by atoms with van der Waals surface area (Å²) in [7, 11) is 0. The van der Waals surface area contributed by atoms with Crippen LogP contribution in [0.1, 0.15) is 54.1 Å². The van der Waals surface area contributed by atoms with Crippen LogP contribution in [0.15, 0.2) is 36.4 Å². The highest BCUT2D eigenvalue weighted by molar-refractivity contribution is 7.97. The number of aromatic amines is 1. The zero-order valence-corrected chi connectivity index (χ0v) is 19.7. The van der Waals surface area contributed by atoms with Crippen molar-refractivity contribution in [1.29, 1.82) is 0 Å². The normalized spacial score (nSPS) is 18.3. The summed E-state index contributed by atoms with van der Waals surface area (Å²) >= 11 is 1.99. The molecule has 33 heavy (non-hydrogen) atoms. The van der Waals surface area contributed by atoms with Gasteiger partial charge in [-0.15, -0.1) is 0 Å². The van der Waals surface area contributed by atoms with E-state index in [-0.39, 0.29) is 5.82 Å². The van der Waals surface area contributed by atoms with Gasteiger partial charge in [0.05, 0.1) is 0 Å². The summed E-state index contributed by atoms with van der Waals surface area (Å²) in [6.45, 7) is 5.91. The lowest BCUT2D eigenvalue weighted by atomic mass is 9.91. The molecule has 0 saturated carbocycles. The second-order valence-corrected chi connectivity index (χ2v) is 10.3. The highest BCUT2D eigenvalue weighted by atomic mass is 32.2. The van der Waals surface area contributed by atoms with E-state index in [1.165, 1.54) is 56.8 Å². The Morgan fingerprint density at radius 3 is 2.67 bits per heavy atom. The quantitative estimate of drug-likeness (QED) is 0.270. The summed E-state index contributed by atoms with van der Waals surface area (Å²) in [4.78, 5) is 14.4. The SMILES string of the molecule is O=Cc1cc(-c2cccc(F)c2)cc2c(C3CCN(SCCCN4CCCC4)CC3)[nH]nc12. The molecule has 0 aliphatic carbocycles. The first-order valence-electron chi connectivity index (χ1n) is 12.0. The van der Waals surface area contributed by atoms with Crippen molar-refractivity contribution >= 4 is 29.1 Å². The molecule has 5 nitrogen and oxygen atoms in total. The second kappa shape index (κ2) is 10.4. The molecule has 7 heteroatoms. The average Bonchev–Trinajstić information content (AvgIpc) is 3.52. The summed E-state index contributed by atoms with van der Waals surface area (Å²) < 4.78 is 16.3. The van der Waals surface area contributed by atoms with E-state index in [9.17, 15) is 9.18 Å². The first-order chi connectivity index (χ1) is 16.2. The first kappa shape index (κ1) is 22.6. The Morgan fingerprint density at radius 1 is 1.09 bits per heavy atom. The van der Waals surface area contributed by atoms with Gasteiger partial charge in [0.25, 0.3) is 0 Å². The van der Waals surface area contributed by atoms with Gasteiger partial charge in [0.1, 0.15) is 11.3 Å². The molecule has 0 unspecified atom stereocenters. The van der Waals surface area contributed by atoms with Crippen molar-refractivity contribution in [3.8, 4) is 11.1 Å². The van der Waals surface area contributed by atoms with Crippen LogP contribution in [0.2, 0.25) is 0 Å². The third-order valence-corrected chi connectivity index (χ3v) is 8.16. The van der Waals surface area contributed by atoms with Gasteiger partial charge >= 0.3 is 0 Å². The molecule has 3 heterocycles. The predicted molar refractivity (Wildman–Crippen MR) is 133 cm³/mol. The fraction of sp³-hybridized carbons (Fsp3) is 0.462. The number of carbonyl (C=O) groups excluding carboxylic acids is 1. The van der Waals surface area contributed by atoms with Crippen LogP contribution in [0.3, 0.4) is 0 Å². The number of halogens is 1. The zero-order chi connectivity index (χ0) is 22.6. The van der Waals surface area contributed by atoms with Gasteiger partial charge in [-0.3, -0.25) is 14.2 Å². The number of benzene rings is 2. The van der Waals surface area contributed by atoms with Gasteiger partial charge in [-0.1, -0.05) is 24.1 Å². The second-order valence-electron chi connectivity index (χ2n) is 9.17. The van der Waals surface area contributed by atoms with E-state index < -0.39 is 0 Å². The monoisotopic (exact) mass is 466 g/mol. The average molecular weight is 467 g/mol. The predicted octanol–water partition coefficient (Wildman–Crippen LogP) is 5.50. The molecule has 0 amide bonds. The molecular formula is C26H31FN4OS. The molecule has 0 radical (unpaired) electrons. The van der Waals surface area contributed by atoms with Crippen LogP contribution < -0.4 is 0 Å². The highest BCUT2D eigenvalue weighted by Gasteiger charge is 2.25. The molecule has 174 valence electrons. The lowest BCUT2D eigenvalue weighted by molar-refractivity contribution is 0.112. The van der Waals surface area contributed by atoms with Crippen molar-refractivity contribution in [3.05, 3.63) is 53.5 Å². The molecule has 2 saturated heterocycles. The number of carbonyl (C=O) groups is 1. The maximum Gasteiger partial charge on any atom is 0.152 e. The Bertz CT molecular complexity index is 1100. The van der Waals surface area contributed by atoms with Crippen LogP contribution >= 0.6 is 11.9 Å². The number of nitrogens with zero attached hydrogens (tertiary/aromatic N) is 3. The van der Waals surface area contributed by atoms with Gasteiger partial charge in [-0.25, -0.2) is 4.39 Å². The Morgan fingerprint density at radius 2 is 1.91 bits per heavy atom. The smallest absolute Gasteiger partial charge is 0.152 e. The molecule has 0 spiro atoms. The van der Waals surface area contributed by atoms with Gasteiger partial charge < -0.3 is 4.90 Å². The molecule has 1 N–H and O–H groups in total. The summed E-state index contributed by atoms with van der Waals surface area (Å²) in [5.74, 6) is 1.30. The van der Waals surface area contributed by atoms with Crippen molar-refractivity contribution in [1.82, 2.24) is 19.4 Å². The fourth-order valence-corrected chi connectivity index (χ4v) is 6.15. The Hall–Kier alpha value is -2.22. The minimum absolute atomic E-state index is 0.280. The number of aldehydes is 1. The van der Waals surface area contributed by atoms with E-state index in [2.05, 4.69) is 25.5 Å². The van der Waals surface area contributed by atoms with Crippen molar-refractivity contribution in [2.75, 3.05) is 38.5 Å². The van der Waals surface area contributed by atoms with Crippen molar-refractivity contribution in [2.24, 2.45) is 0 Å². The van der Waals surface area contributed by atoms with Crippen LogP contribution in [0.25, 0.3) is 22.0 Å². The minimum Gasteiger partial charge on any atom is -0.303 e.